The Balaban J connectivity index is 1.48. The van der Waals surface area contributed by atoms with E-state index in [1.54, 1.807) is 0 Å². The first kappa shape index (κ1) is 12.4. The second-order valence-corrected chi connectivity index (χ2v) is 5.90. The Labute approximate surface area is 101 Å². The fourth-order valence-corrected chi connectivity index (χ4v) is 3.16. The quantitative estimate of drug-likeness (QED) is 0.722. The summed E-state index contributed by atoms with van der Waals surface area (Å²) in [5.74, 6) is 1.91. The Hall–Kier alpha value is -0.0800. The van der Waals surface area contributed by atoms with Crippen LogP contribution in [0.15, 0.2) is 0 Å². The van der Waals surface area contributed by atoms with E-state index in [1.807, 2.05) is 0 Å². The summed E-state index contributed by atoms with van der Waals surface area (Å²) in [6.07, 6.45) is 8.75. The zero-order valence-corrected chi connectivity index (χ0v) is 10.9. The zero-order chi connectivity index (χ0) is 11.2. The highest BCUT2D eigenvalue weighted by atomic mass is 15.2. The molecule has 0 spiro atoms. The lowest BCUT2D eigenvalue weighted by Gasteiger charge is -2.22. The van der Waals surface area contributed by atoms with Gasteiger partial charge in [-0.25, -0.2) is 0 Å². The standard InChI is InChI=1S/C14H28N2/c1-13-7-9-16(12-13)10-8-15-11-14-5-3-2-4-6-14/h13-15H,2-12H2,1H3. The van der Waals surface area contributed by atoms with E-state index in [9.17, 15) is 0 Å². The van der Waals surface area contributed by atoms with Gasteiger partial charge in [-0.3, -0.25) is 0 Å². The van der Waals surface area contributed by atoms with Gasteiger partial charge >= 0.3 is 0 Å². The van der Waals surface area contributed by atoms with Crippen molar-refractivity contribution in [3.63, 3.8) is 0 Å². The largest absolute Gasteiger partial charge is 0.315 e. The molecule has 2 rings (SSSR count). The molecule has 1 aliphatic carbocycles. The molecule has 0 aromatic carbocycles. The van der Waals surface area contributed by atoms with Gasteiger partial charge in [0.25, 0.3) is 0 Å². The minimum atomic E-state index is 0.929. The predicted octanol–water partition coefficient (Wildman–Crippen LogP) is 2.50. The molecule has 1 N–H and O–H groups in total. The number of hydrogen-bond donors (Lipinski definition) is 1. The lowest BCUT2D eigenvalue weighted by molar-refractivity contribution is 0.305. The number of nitrogens with zero attached hydrogens (tertiary/aromatic N) is 1. The van der Waals surface area contributed by atoms with E-state index in [1.165, 1.54) is 71.2 Å². The Kier molecular flexibility index (Phi) is 5.11. The van der Waals surface area contributed by atoms with E-state index in [0.717, 1.165) is 11.8 Å². The fourth-order valence-electron chi connectivity index (χ4n) is 3.16. The van der Waals surface area contributed by atoms with Gasteiger partial charge in [0.1, 0.15) is 0 Å². The van der Waals surface area contributed by atoms with Crippen molar-refractivity contribution in [3.05, 3.63) is 0 Å². The number of hydrogen-bond acceptors (Lipinski definition) is 2. The summed E-state index contributed by atoms with van der Waals surface area (Å²) in [7, 11) is 0. The minimum Gasteiger partial charge on any atom is -0.315 e. The van der Waals surface area contributed by atoms with Crippen LogP contribution in [0.25, 0.3) is 0 Å². The number of nitrogens with one attached hydrogen (secondary N) is 1. The Morgan fingerprint density at radius 1 is 1.12 bits per heavy atom. The molecular weight excluding hydrogens is 196 g/mol. The average Bonchev–Trinajstić information content (AvgIpc) is 2.72. The van der Waals surface area contributed by atoms with Crippen LogP contribution in [0.2, 0.25) is 0 Å². The molecular formula is C14H28N2. The van der Waals surface area contributed by atoms with Crippen molar-refractivity contribution in [1.82, 2.24) is 10.2 Å². The van der Waals surface area contributed by atoms with E-state index in [4.69, 9.17) is 0 Å². The van der Waals surface area contributed by atoms with Crippen LogP contribution in [0.3, 0.4) is 0 Å². The van der Waals surface area contributed by atoms with Crippen LogP contribution < -0.4 is 5.32 Å². The van der Waals surface area contributed by atoms with Crippen molar-refractivity contribution in [2.45, 2.75) is 45.4 Å². The molecule has 1 saturated heterocycles. The summed E-state index contributed by atoms with van der Waals surface area (Å²) < 4.78 is 0. The normalized spacial score (nSPS) is 28.7. The number of rotatable bonds is 5. The lowest BCUT2D eigenvalue weighted by atomic mass is 9.89. The highest BCUT2D eigenvalue weighted by Gasteiger charge is 2.18. The monoisotopic (exact) mass is 224 g/mol. The van der Waals surface area contributed by atoms with Gasteiger partial charge in [-0.15, -0.1) is 0 Å². The maximum absolute atomic E-state index is 3.66. The van der Waals surface area contributed by atoms with Crippen LogP contribution in [-0.4, -0.2) is 37.6 Å². The van der Waals surface area contributed by atoms with E-state index < -0.39 is 0 Å². The number of likely N-dealkylation sites (tertiary alicyclic amines) is 1. The summed E-state index contributed by atoms with van der Waals surface area (Å²) in [5, 5.41) is 3.66. The molecule has 2 heteroatoms. The summed E-state index contributed by atoms with van der Waals surface area (Å²) in [4.78, 5) is 2.61. The molecule has 1 aliphatic heterocycles. The molecule has 2 nitrogen and oxygen atoms in total. The van der Waals surface area contributed by atoms with E-state index in [-0.39, 0.29) is 0 Å². The van der Waals surface area contributed by atoms with Crippen LogP contribution in [-0.2, 0) is 0 Å². The van der Waals surface area contributed by atoms with Gasteiger partial charge in [0.05, 0.1) is 0 Å². The molecule has 94 valence electrons. The molecule has 1 unspecified atom stereocenters. The van der Waals surface area contributed by atoms with Crippen LogP contribution in [0.1, 0.15) is 45.4 Å². The molecule has 16 heavy (non-hydrogen) atoms. The third-order valence-corrected chi connectivity index (χ3v) is 4.27. The molecule has 0 aromatic rings. The third kappa shape index (κ3) is 4.06. The molecule has 0 bridgehead atoms. The molecule has 0 amide bonds. The zero-order valence-electron chi connectivity index (χ0n) is 10.9. The topological polar surface area (TPSA) is 15.3 Å². The van der Waals surface area contributed by atoms with Crippen LogP contribution in [0, 0.1) is 11.8 Å². The van der Waals surface area contributed by atoms with E-state index in [2.05, 4.69) is 17.1 Å². The third-order valence-electron chi connectivity index (χ3n) is 4.27. The maximum atomic E-state index is 3.66. The first-order valence-electron chi connectivity index (χ1n) is 7.27. The predicted molar refractivity (Wildman–Crippen MR) is 69.7 cm³/mol. The molecule has 1 atom stereocenters. The maximum Gasteiger partial charge on any atom is 0.0107 e. The van der Waals surface area contributed by atoms with Crippen molar-refractivity contribution in [2.75, 3.05) is 32.7 Å². The molecule has 0 aromatic heterocycles. The average molecular weight is 224 g/mol. The molecule has 2 aliphatic rings. The fraction of sp³-hybridized carbons (Fsp3) is 1.00. The van der Waals surface area contributed by atoms with Gasteiger partial charge in [-0.2, -0.15) is 0 Å². The Bertz CT molecular complexity index is 180. The van der Waals surface area contributed by atoms with Crippen LogP contribution >= 0.6 is 0 Å². The Morgan fingerprint density at radius 3 is 2.62 bits per heavy atom. The van der Waals surface area contributed by atoms with E-state index >= 15 is 0 Å². The minimum absolute atomic E-state index is 0.929. The molecule has 1 saturated carbocycles. The van der Waals surface area contributed by atoms with Crippen molar-refractivity contribution in [3.8, 4) is 0 Å². The smallest absolute Gasteiger partial charge is 0.0107 e. The molecule has 0 radical (unpaired) electrons. The molecule has 1 heterocycles. The second kappa shape index (κ2) is 6.61. The van der Waals surface area contributed by atoms with Gasteiger partial charge in [-0.1, -0.05) is 26.2 Å². The van der Waals surface area contributed by atoms with Gasteiger partial charge in [0, 0.05) is 19.6 Å². The van der Waals surface area contributed by atoms with Gasteiger partial charge < -0.3 is 10.2 Å². The SMILES string of the molecule is CC1CCN(CCNCC2CCCCC2)C1. The van der Waals surface area contributed by atoms with Crippen LogP contribution in [0.4, 0.5) is 0 Å². The van der Waals surface area contributed by atoms with Crippen LogP contribution in [0.5, 0.6) is 0 Å². The van der Waals surface area contributed by atoms with Crippen molar-refractivity contribution in [1.29, 1.82) is 0 Å². The lowest BCUT2D eigenvalue weighted by Crippen LogP contribution is -2.33. The first-order valence-corrected chi connectivity index (χ1v) is 7.27. The Morgan fingerprint density at radius 2 is 1.94 bits per heavy atom. The summed E-state index contributed by atoms with van der Waals surface area (Å²) in [6, 6.07) is 0. The van der Waals surface area contributed by atoms with Gasteiger partial charge in [-0.05, 0) is 44.2 Å². The van der Waals surface area contributed by atoms with E-state index in [0.29, 0.717) is 0 Å². The van der Waals surface area contributed by atoms with Crippen molar-refractivity contribution in [2.24, 2.45) is 11.8 Å². The van der Waals surface area contributed by atoms with Gasteiger partial charge in [0.15, 0.2) is 0 Å². The summed E-state index contributed by atoms with van der Waals surface area (Å²) >= 11 is 0. The molecule has 2 fully saturated rings. The summed E-state index contributed by atoms with van der Waals surface area (Å²) in [5.41, 5.74) is 0. The van der Waals surface area contributed by atoms with Crippen molar-refractivity contribution >= 4 is 0 Å². The second-order valence-electron chi connectivity index (χ2n) is 5.90. The highest BCUT2D eigenvalue weighted by molar-refractivity contribution is 4.73. The summed E-state index contributed by atoms with van der Waals surface area (Å²) in [6.45, 7) is 8.75. The first-order chi connectivity index (χ1) is 7.84. The van der Waals surface area contributed by atoms with Gasteiger partial charge in [0.2, 0.25) is 0 Å². The van der Waals surface area contributed by atoms with Crippen molar-refractivity contribution < 1.29 is 0 Å². The highest BCUT2D eigenvalue weighted by Crippen LogP contribution is 2.22.